The summed E-state index contributed by atoms with van der Waals surface area (Å²) >= 11 is 0. The van der Waals surface area contributed by atoms with Crippen LogP contribution in [0.2, 0.25) is 0 Å². The van der Waals surface area contributed by atoms with Crippen molar-refractivity contribution >= 4 is 5.91 Å². The van der Waals surface area contributed by atoms with Gasteiger partial charge < -0.3 is 11.1 Å². The number of nitrogens with one attached hydrogen (secondary N) is 1. The zero-order valence-electron chi connectivity index (χ0n) is 13.0. The summed E-state index contributed by atoms with van der Waals surface area (Å²) < 4.78 is 0. The predicted octanol–water partition coefficient (Wildman–Crippen LogP) is 2.81. The molecule has 0 radical (unpaired) electrons. The van der Waals surface area contributed by atoms with Crippen LogP contribution in [0.25, 0.3) is 0 Å². The largest absolute Gasteiger partial charge is 0.355 e. The van der Waals surface area contributed by atoms with Gasteiger partial charge in [-0.05, 0) is 49.3 Å². The number of carbonyl (C=O) groups is 1. The van der Waals surface area contributed by atoms with Crippen molar-refractivity contribution in [1.29, 1.82) is 0 Å². The quantitative estimate of drug-likeness (QED) is 0.767. The summed E-state index contributed by atoms with van der Waals surface area (Å²) in [5.74, 6) is 0.118. The van der Waals surface area contributed by atoms with Gasteiger partial charge in [0, 0.05) is 13.0 Å². The van der Waals surface area contributed by atoms with E-state index in [-0.39, 0.29) is 11.3 Å². The minimum atomic E-state index is 0.0539. The van der Waals surface area contributed by atoms with Gasteiger partial charge in [0.05, 0.1) is 0 Å². The predicted molar refractivity (Wildman–Crippen MR) is 84.6 cm³/mol. The van der Waals surface area contributed by atoms with Gasteiger partial charge in [0.2, 0.25) is 5.91 Å². The molecule has 3 N–H and O–H groups in total. The van der Waals surface area contributed by atoms with Gasteiger partial charge in [-0.3, -0.25) is 4.79 Å². The topological polar surface area (TPSA) is 55.1 Å². The van der Waals surface area contributed by atoms with Crippen LogP contribution in [0.15, 0.2) is 24.3 Å². The van der Waals surface area contributed by atoms with Crippen molar-refractivity contribution in [2.24, 2.45) is 11.1 Å². The second-order valence-corrected chi connectivity index (χ2v) is 5.61. The highest BCUT2D eigenvalue weighted by Gasteiger charge is 2.24. The fourth-order valence-electron chi connectivity index (χ4n) is 2.37. The first-order valence-electron chi connectivity index (χ1n) is 7.58. The molecule has 1 aromatic carbocycles. The number of carbonyl (C=O) groups excluding carboxylic acids is 1. The molecular formula is C17H28N2O. The van der Waals surface area contributed by atoms with Gasteiger partial charge in [-0.1, -0.05) is 38.1 Å². The van der Waals surface area contributed by atoms with E-state index in [1.807, 2.05) is 12.1 Å². The Morgan fingerprint density at radius 1 is 1.25 bits per heavy atom. The smallest absolute Gasteiger partial charge is 0.220 e. The van der Waals surface area contributed by atoms with Gasteiger partial charge in [0.15, 0.2) is 0 Å². The normalized spacial score (nSPS) is 11.4. The standard InChI is InChI=1S/C17H28N2O/c1-4-17(5-2,12-18)13-19-16(20)11-10-15-9-7-6-8-14(15)3/h6-9H,4-5,10-13,18H2,1-3H3,(H,19,20). The van der Waals surface area contributed by atoms with Crippen LogP contribution in [0, 0.1) is 12.3 Å². The van der Waals surface area contributed by atoms with Gasteiger partial charge in [0.1, 0.15) is 0 Å². The van der Waals surface area contributed by atoms with E-state index in [0.29, 0.717) is 19.5 Å². The van der Waals surface area contributed by atoms with Gasteiger partial charge in [-0.2, -0.15) is 0 Å². The zero-order valence-corrected chi connectivity index (χ0v) is 13.0. The Kier molecular flexibility index (Phi) is 6.73. The van der Waals surface area contributed by atoms with Crippen molar-refractivity contribution in [2.75, 3.05) is 13.1 Å². The summed E-state index contributed by atoms with van der Waals surface area (Å²) in [4.78, 5) is 12.0. The molecule has 0 bridgehead atoms. The van der Waals surface area contributed by atoms with E-state index in [2.05, 4.69) is 38.2 Å². The van der Waals surface area contributed by atoms with Crippen LogP contribution in [0.3, 0.4) is 0 Å². The highest BCUT2D eigenvalue weighted by molar-refractivity contribution is 5.76. The Balaban J connectivity index is 2.43. The molecule has 0 unspecified atom stereocenters. The molecule has 1 rings (SSSR count). The lowest BCUT2D eigenvalue weighted by molar-refractivity contribution is -0.121. The van der Waals surface area contributed by atoms with Gasteiger partial charge in [0.25, 0.3) is 0 Å². The summed E-state index contributed by atoms with van der Waals surface area (Å²) in [6, 6.07) is 8.22. The first-order chi connectivity index (χ1) is 9.56. The van der Waals surface area contributed by atoms with Crippen molar-refractivity contribution < 1.29 is 4.79 Å². The molecule has 0 atom stereocenters. The Hall–Kier alpha value is -1.35. The number of amides is 1. The SMILES string of the molecule is CCC(CC)(CN)CNC(=O)CCc1ccccc1C. The molecule has 0 aliphatic heterocycles. The Morgan fingerprint density at radius 2 is 1.90 bits per heavy atom. The van der Waals surface area contributed by atoms with Crippen molar-refractivity contribution in [3.8, 4) is 0 Å². The lowest BCUT2D eigenvalue weighted by Gasteiger charge is -2.30. The molecule has 0 saturated carbocycles. The van der Waals surface area contributed by atoms with E-state index in [1.165, 1.54) is 11.1 Å². The minimum absolute atomic E-state index is 0.0539. The summed E-state index contributed by atoms with van der Waals surface area (Å²) in [7, 11) is 0. The lowest BCUT2D eigenvalue weighted by atomic mass is 9.82. The molecule has 3 heteroatoms. The maximum atomic E-state index is 12.0. The van der Waals surface area contributed by atoms with E-state index in [0.717, 1.165) is 19.3 Å². The molecule has 0 heterocycles. The number of nitrogens with two attached hydrogens (primary N) is 1. The van der Waals surface area contributed by atoms with Crippen LogP contribution >= 0.6 is 0 Å². The minimum Gasteiger partial charge on any atom is -0.355 e. The van der Waals surface area contributed by atoms with E-state index < -0.39 is 0 Å². The van der Waals surface area contributed by atoms with Crippen molar-refractivity contribution in [1.82, 2.24) is 5.32 Å². The fraction of sp³-hybridized carbons (Fsp3) is 0.588. The van der Waals surface area contributed by atoms with Crippen molar-refractivity contribution in [3.63, 3.8) is 0 Å². The number of aryl methyl sites for hydroxylation is 2. The average Bonchev–Trinajstić information content (AvgIpc) is 2.48. The van der Waals surface area contributed by atoms with Crippen molar-refractivity contribution in [3.05, 3.63) is 35.4 Å². The molecule has 0 aromatic heterocycles. The zero-order chi connectivity index (χ0) is 15.0. The molecule has 0 fully saturated rings. The average molecular weight is 276 g/mol. The van der Waals surface area contributed by atoms with Crippen LogP contribution in [-0.2, 0) is 11.2 Å². The Bertz CT molecular complexity index is 416. The van der Waals surface area contributed by atoms with Gasteiger partial charge in [-0.15, -0.1) is 0 Å². The molecular weight excluding hydrogens is 248 g/mol. The monoisotopic (exact) mass is 276 g/mol. The molecule has 20 heavy (non-hydrogen) atoms. The first kappa shape index (κ1) is 16.7. The maximum absolute atomic E-state index is 12.0. The van der Waals surface area contributed by atoms with E-state index >= 15 is 0 Å². The number of rotatable bonds is 8. The second-order valence-electron chi connectivity index (χ2n) is 5.61. The lowest BCUT2D eigenvalue weighted by Crippen LogP contribution is -2.41. The molecule has 1 aromatic rings. The third-order valence-corrected chi connectivity index (χ3v) is 4.48. The van der Waals surface area contributed by atoms with E-state index in [1.54, 1.807) is 0 Å². The van der Waals surface area contributed by atoms with Crippen LogP contribution in [0.1, 0.15) is 44.2 Å². The highest BCUT2D eigenvalue weighted by Crippen LogP contribution is 2.23. The summed E-state index contributed by atoms with van der Waals surface area (Å²) in [6.07, 6.45) is 3.33. The van der Waals surface area contributed by atoms with Gasteiger partial charge >= 0.3 is 0 Å². The molecule has 0 spiro atoms. The maximum Gasteiger partial charge on any atom is 0.220 e. The summed E-state index contributed by atoms with van der Waals surface area (Å²) in [6.45, 7) is 7.66. The Labute approximate surface area is 122 Å². The van der Waals surface area contributed by atoms with Crippen LogP contribution in [0.5, 0.6) is 0 Å². The first-order valence-corrected chi connectivity index (χ1v) is 7.58. The number of hydrogen-bond donors (Lipinski definition) is 2. The molecule has 0 aliphatic rings. The molecule has 3 nitrogen and oxygen atoms in total. The molecule has 112 valence electrons. The van der Waals surface area contributed by atoms with E-state index in [9.17, 15) is 4.79 Å². The summed E-state index contributed by atoms with van der Waals surface area (Å²) in [5, 5.41) is 3.05. The number of hydrogen-bond acceptors (Lipinski definition) is 2. The van der Waals surface area contributed by atoms with Crippen LogP contribution < -0.4 is 11.1 Å². The molecule has 0 aliphatic carbocycles. The molecule has 0 saturated heterocycles. The fourth-order valence-corrected chi connectivity index (χ4v) is 2.37. The number of benzene rings is 1. The summed E-state index contributed by atoms with van der Waals surface area (Å²) in [5.41, 5.74) is 8.40. The molecule has 1 amide bonds. The Morgan fingerprint density at radius 3 is 2.45 bits per heavy atom. The van der Waals surface area contributed by atoms with Crippen molar-refractivity contribution in [2.45, 2.75) is 46.5 Å². The second kappa shape index (κ2) is 8.05. The van der Waals surface area contributed by atoms with Crippen LogP contribution in [0.4, 0.5) is 0 Å². The third kappa shape index (κ3) is 4.64. The van der Waals surface area contributed by atoms with E-state index in [4.69, 9.17) is 5.73 Å². The highest BCUT2D eigenvalue weighted by atomic mass is 16.1. The van der Waals surface area contributed by atoms with Gasteiger partial charge in [-0.25, -0.2) is 0 Å². The van der Waals surface area contributed by atoms with Crippen LogP contribution in [-0.4, -0.2) is 19.0 Å². The third-order valence-electron chi connectivity index (χ3n) is 4.48.